The van der Waals surface area contributed by atoms with Gasteiger partial charge in [-0.15, -0.1) is 0 Å². The van der Waals surface area contributed by atoms with E-state index < -0.39 is 0 Å². The fourth-order valence-corrected chi connectivity index (χ4v) is 2.86. The molecule has 0 unspecified atom stereocenters. The largest absolute Gasteiger partial charge is 0.236 e. The van der Waals surface area contributed by atoms with Gasteiger partial charge in [-0.1, -0.05) is 35.9 Å². The van der Waals surface area contributed by atoms with Gasteiger partial charge in [0.05, 0.1) is 10.2 Å². The molecule has 0 N–H and O–H groups in total. The molecule has 19 heavy (non-hydrogen) atoms. The molecule has 0 saturated heterocycles. The van der Waals surface area contributed by atoms with Gasteiger partial charge in [0.2, 0.25) is 0 Å². The summed E-state index contributed by atoms with van der Waals surface area (Å²) in [4.78, 5) is 9.08. The van der Waals surface area contributed by atoms with Crippen LogP contribution >= 0.6 is 27.5 Å². The summed E-state index contributed by atoms with van der Waals surface area (Å²) in [6.07, 6.45) is 3.14. The van der Waals surface area contributed by atoms with Gasteiger partial charge in [-0.05, 0) is 46.8 Å². The lowest BCUT2D eigenvalue weighted by Crippen LogP contribution is -2.03. The van der Waals surface area contributed by atoms with Crippen LogP contribution in [0.1, 0.15) is 41.4 Å². The van der Waals surface area contributed by atoms with Crippen LogP contribution in [-0.4, -0.2) is 9.97 Å². The molecule has 1 aliphatic carbocycles. The number of nitrogens with zero attached hydrogens (tertiary/aromatic N) is 2. The van der Waals surface area contributed by atoms with Crippen molar-refractivity contribution in [1.29, 1.82) is 0 Å². The van der Waals surface area contributed by atoms with Crippen molar-refractivity contribution in [2.75, 3.05) is 0 Å². The molecular formula is C15H14BrClN2. The SMILES string of the molecule is Cc1ccccc1Cc1nc(Cl)c(Br)c(C2CC2)n1. The highest BCUT2D eigenvalue weighted by Crippen LogP contribution is 2.43. The molecule has 0 atom stereocenters. The third-order valence-corrected chi connectivity index (χ3v) is 4.74. The van der Waals surface area contributed by atoms with E-state index in [-0.39, 0.29) is 0 Å². The van der Waals surface area contributed by atoms with E-state index in [9.17, 15) is 0 Å². The van der Waals surface area contributed by atoms with Crippen molar-refractivity contribution >= 4 is 27.5 Å². The topological polar surface area (TPSA) is 25.8 Å². The molecule has 0 aliphatic heterocycles. The van der Waals surface area contributed by atoms with Crippen LogP contribution in [0.3, 0.4) is 0 Å². The Kier molecular flexibility index (Phi) is 3.59. The zero-order valence-corrected chi connectivity index (χ0v) is 13.0. The van der Waals surface area contributed by atoms with E-state index in [2.05, 4.69) is 45.0 Å². The van der Waals surface area contributed by atoms with Crippen molar-refractivity contribution in [2.24, 2.45) is 0 Å². The maximum absolute atomic E-state index is 6.20. The predicted molar refractivity (Wildman–Crippen MR) is 80.7 cm³/mol. The van der Waals surface area contributed by atoms with E-state index in [1.165, 1.54) is 24.0 Å². The molecule has 1 heterocycles. The quantitative estimate of drug-likeness (QED) is 0.761. The summed E-state index contributed by atoms with van der Waals surface area (Å²) >= 11 is 9.70. The number of aryl methyl sites for hydroxylation is 1. The van der Waals surface area contributed by atoms with E-state index >= 15 is 0 Å². The van der Waals surface area contributed by atoms with E-state index in [0.717, 1.165) is 22.4 Å². The molecule has 2 nitrogen and oxygen atoms in total. The van der Waals surface area contributed by atoms with Crippen LogP contribution in [-0.2, 0) is 6.42 Å². The molecule has 1 aromatic heterocycles. The number of hydrogen-bond donors (Lipinski definition) is 0. The van der Waals surface area contributed by atoms with Crippen molar-refractivity contribution < 1.29 is 0 Å². The Morgan fingerprint density at radius 2 is 2.00 bits per heavy atom. The molecule has 0 spiro atoms. The third-order valence-electron chi connectivity index (χ3n) is 3.46. The maximum atomic E-state index is 6.20. The molecule has 1 aromatic carbocycles. The van der Waals surface area contributed by atoms with E-state index in [1.54, 1.807) is 0 Å². The minimum Gasteiger partial charge on any atom is -0.236 e. The van der Waals surface area contributed by atoms with Crippen LogP contribution in [0.4, 0.5) is 0 Å². The molecule has 1 aliphatic rings. The predicted octanol–water partition coefficient (Wildman–Crippen LogP) is 4.67. The van der Waals surface area contributed by atoms with Crippen LogP contribution in [0.25, 0.3) is 0 Å². The summed E-state index contributed by atoms with van der Waals surface area (Å²) in [5.74, 6) is 1.37. The second-order valence-electron chi connectivity index (χ2n) is 5.01. The fourth-order valence-electron chi connectivity index (χ4n) is 2.17. The average molecular weight is 338 g/mol. The first-order valence-corrected chi connectivity index (χ1v) is 7.58. The first kappa shape index (κ1) is 13.1. The Balaban J connectivity index is 1.95. The van der Waals surface area contributed by atoms with E-state index in [4.69, 9.17) is 11.6 Å². The lowest BCUT2D eigenvalue weighted by Gasteiger charge is -2.09. The monoisotopic (exact) mass is 336 g/mol. The smallest absolute Gasteiger partial charge is 0.147 e. The van der Waals surface area contributed by atoms with E-state index in [1.807, 2.05) is 12.1 Å². The standard InChI is InChI=1S/C15H14BrClN2/c1-9-4-2-3-5-11(9)8-12-18-14(10-6-7-10)13(16)15(17)19-12/h2-5,10H,6-8H2,1H3. The Bertz CT molecular complexity index is 624. The summed E-state index contributed by atoms with van der Waals surface area (Å²) in [6, 6.07) is 8.32. The minimum absolute atomic E-state index is 0.528. The molecule has 1 saturated carbocycles. The molecule has 4 heteroatoms. The van der Waals surface area contributed by atoms with Crippen LogP contribution in [0.2, 0.25) is 5.15 Å². The molecule has 0 bridgehead atoms. The number of rotatable bonds is 3. The molecule has 1 fully saturated rings. The lowest BCUT2D eigenvalue weighted by atomic mass is 10.1. The highest BCUT2D eigenvalue weighted by Gasteiger charge is 2.29. The zero-order valence-electron chi connectivity index (χ0n) is 10.7. The lowest BCUT2D eigenvalue weighted by molar-refractivity contribution is 0.887. The summed E-state index contributed by atoms with van der Waals surface area (Å²) in [5, 5.41) is 0.528. The fraction of sp³-hybridized carbons (Fsp3) is 0.333. The van der Waals surface area contributed by atoms with Crippen LogP contribution in [0.5, 0.6) is 0 Å². The van der Waals surface area contributed by atoms with Crippen molar-refractivity contribution in [2.45, 2.75) is 32.1 Å². The van der Waals surface area contributed by atoms with Gasteiger partial charge in [0.1, 0.15) is 11.0 Å². The molecular weight excluding hydrogens is 324 g/mol. The Morgan fingerprint density at radius 1 is 1.26 bits per heavy atom. The van der Waals surface area contributed by atoms with E-state index in [0.29, 0.717) is 11.1 Å². The normalized spacial score (nSPS) is 14.7. The molecule has 0 amide bonds. The van der Waals surface area contributed by atoms with Crippen molar-refractivity contribution in [3.8, 4) is 0 Å². The highest BCUT2D eigenvalue weighted by atomic mass is 79.9. The van der Waals surface area contributed by atoms with Gasteiger partial charge in [0.25, 0.3) is 0 Å². The minimum atomic E-state index is 0.528. The van der Waals surface area contributed by atoms with Crippen molar-refractivity contribution in [1.82, 2.24) is 9.97 Å². The summed E-state index contributed by atoms with van der Waals surface area (Å²) in [6.45, 7) is 2.11. The molecule has 98 valence electrons. The highest BCUT2D eigenvalue weighted by molar-refractivity contribution is 9.10. The maximum Gasteiger partial charge on any atom is 0.147 e. The number of benzene rings is 1. The molecule has 3 rings (SSSR count). The number of aromatic nitrogens is 2. The summed E-state index contributed by atoms with van der Waals surface area (Å²) in [5.41, 5.74) is 3.59. The van der Waals surface area contributed by atoms with Crippen LogP contribution in [0, 0.1) is 6.92 Å². The zero-order chi connectivity index (χ0) is 13.4. The summed E-state index contributed by atoms with van der Waals surface area (Å²) < 4.78 is 0.866. The second kappa shape index (κ2) is 5.22. The first-order valence-electron chi connectivity index (χ1n) is 6.41. The van der Waals surface area contributed by atoms with Gasteiger partial charge in [0, 0.05) is 12.3 Å². The summed E-state index contributed by atoms with van der Waals surface area (Å²) in [7, 11) is 0. The number of halogens is 2. The number of hydrogen-bond acceptors (Lipinski definition) is 2. The van der Waals surface area contributed by atoms with Gasteiger partial charge in [0.15, 0.2) is 0 Å². The van der Waals surface area contributed by atoms with Crippen molar-refractivity contribution in [3.05, 3.63) is 56.5 Å². The average Bonchev–Trinajstić information content (AvgIpc) is 3.20. The second-order valence-corrected chi connectivity index (χ2v) is 6.16. The van der Waals surface area contributed by atoms with Crippen molar-refractivity contribution in [3.63, 3.8) is 0 Å². The Morgan fingerprint density at radius 3 is 2.68 bits per heavy atom. The third kappa shape index (κ3) is 2.82. The first-order chi connectivity index (χ1) is 9.15. The van der Waals surface area contributed by atoms with Crippen LogP contribution < -0.4 is 0 Å². The van der Waals surface area contributed by atoms with Gasteiger partial charge >= 0.3 is 0 Å². The van der Waals surface area contributed by atoms with Gasteiger partial charge in [-0.3, -0.25) is 0 Å². The van der Waals surface area contributed by atoms with Gasteiger partial charge < -0.3 is 0 Å². The molecule has 2 aromatic rings. The van der Waals surface area contributed by atoms with Gasteiger partial charge in [-0.25, -0.2) is 9.97 Å². The molecule has 0 radical (unpaired) electrons. The Labute approximate surface area is 126 Å². The Hall–Kier alpha value is -0.930. The van der Waals surface area contributed by atoms with Gasteiger partial charge in [-0.2, -0.15) is 0 Å². The van der Waals surface area contributed by atoms with Crippen LogP contribution in [0.15, 0.2) is 28.7 Å².